The lowest BCUT2D eigenvalue weighted by Gasteiger charge is -2.12. The molecule has 0 aliphatic heterocycles. The standard InChI is InChI=1S/C9H10N2O3S/c12-8(6-3-10-4-15-6)11-7(9(13)14)5-1-2-5/h3-5,7H,1-2H2,(H,11,12)(H,13,14). The maximum atomic E-state index is 11.5. The monoisotopic (exact) mass is 226 g/mol. The summed E-state index contributed by atoms with van der Waals surface area (Å²) < 4.78 is 0. The zero-order chi connectivity index (χ0) is 10.8. The molecule has 1 heterocycles. The molecular weight excluding hydrogens is 216 g/mol. The molecule has 1 atom stereocenters. The Kier molecular flexibility index (Phi) is 2.68. The second-order valence-electron chi connectivity index (χ2n) is 3.49. The number of aromatic nitrogens is 1. The molecule has 0 radical (unpaired) electrons. The van der Waals surface area contributed by atoms with Crippen molar-refractivity contribution < 1.29 is 14.7 Å². The molecule has 1 fully saturated rings. The molecule has 1 amide bonds. The van der Waals surface area contributed by atoms with E-state index in [0.29, 0.717) is 4.88 Å². The molecule has 0 aromatic carbocycles. The highest BCUT2D eigenvalue weighted by molar-refractivity contribution is 7.11. The highest BCUT2D eigenvalue weighted by atomic mass is 32.1. The summed E-state index contributed by atoms with van der Waals surface area (Å²) in [6.45, 7) is 0. The topological polar surface area (TPSA) is 79.3 Å². The molecule has 0 saturated heterocycles. The van der Waals surface area contributed by atoms with Crippen molar-refractivity contribution in [3.63, 3.8) is 0 Å². The van der Waals surface area contributed by atoms with Gasteiger partial charge in [0.15, 0.2) is 0 Å². The fourth-order valence-electron chi connectivity index (χ4n) is 1.35. The lowest BCUT2D eigenvalue weighted by Crippen LogP contribution is -2.42. The molecule has 1 unspecified atom stereocenters. The van der Waals surface area contributed by atoms with Crippen LogP contribution in [-0.4, -0.2) is 28.0 Å². The Hall–Kier alpha value is -1.43. The molecular formula is C9H10N2O3S. The minimum absolute atomic E-state index is 0.0966. The number of carbonyl (C=O) groups is 2. The molecule has 1 aliphatic rings. The number of carboxylic acids is 1. The van der Waals surface area contributed by atoms with Crippen molar-refractivity contribution in [3.05, 3.63) is 16.6 Å². The summed E-state index contributed by atoms with van der Waals surface area (Å²) in [5.74, 6) is -1.22. The predicted octanol–water partition coefficient (Wildman–Crippen LogP) is 0.736. The molecule has 0 bridgehead atoms. The minimum atomic E-state index is -0.963. The van der Waals surface area contributed by atoms with Crippen LogP contribution in [0.5, 0.6) is 0 Å². The van der Waals surface area contributed by atoms with Gasteiger partial charge in [0.2, 0.25) is 0 Å². The Labute approximate surface area is 90.1 Å². The minimum Gasteiger partial charge on any atom is -0.480 e. The zero-order valence-electron chi connectivity index (χ0n) is 7.84. The normalized spacial score (nSPS) is 17.1. The van der Waals surface area contributed by atoms with Crippen molar-refractivity contribution in [2.75, 3.05) is 0 Å². The van der Waals surface area contributed by atoms with Gasteiger partial charge < -0.3 is 10.4 Å². The van der Waals surface area contributed by atoms with Gasteiger partial charge in [-0.05, 0) is 18.8 Å². The van der Waals surface area contributed by atoms with E-state index in [1.54, 1.807) is 5.51 Å². The third-order valence-electron chi connectivity index (χ3n) is 2.30. The number of nitrogens with one attached hydrogen (secondary N) is 1. The highest BCUT2D eigenvalue weighted by Gasteiger charge is 2.37. The molecule has 1 aliphatic carbocycles. The van der Waals surface area contributed by atoms with Gasteiger partial charge >= 0.3 is 5.97 Å². The van der Waals surface area contributed by atoms with Crippen molar-refractivity contribution in [2.24, 2.45) is 5.92 Å². The molecule has 80 valence electrons. The highest BCUT2D eigenvalue weighted by Crippen LogP contribution is 2.32. The van der Waals surface area contributed by atoms with Crippen molar-refractivity contribution >= 4 is 23.2 Å². The van der Waals surface area contributed by atoms with Crippen molar-refractivity contribution in [1.29, 1.82) is 0 Å². The Balaban J connectivity index is 2.00. The predicted molar refractivity (Wildman–Crippen MR) is 53.7 cm³/mol. The van der Waals surface area contributed by atoms with Crippen LogP contribution in [0.2, 0.25) is 0 Å². The lowest BCUT2D eigenvalue weighted by atomic mass is 10.2. The van der Waals surface area contributed by atoms with Crippen molar-refractivity contribution in [2.45, 2.75) is 18.9 Å². The molecule has 1 aromatic rings. The molecule has 0 spiro atoms. The number of carboxylic acid groups (broad SMARTS) is 1. The molecule has 2 rings (SSSR count). The molecule has 2 N–H and O–H groups in total. The van der Waals surface area contributed by atoms with Gasteiger partial charge in [-0.1, -0.05) is 0 Å². The second kappa shape index (κ2) is 3.98. The first-order chi connectivity index (χ1) is 7.18. The molecule has 1 aromatic heterocycles. The third kappa shape index (κ3) is 2.33. The van der Waals surface area contributed by atoms with Crippen LogP contribution >= 0.6 is 11.3 Å². The number of thiazole rings is 1. The van der Waals surface area contributed by atoms with Gasteiger partial charge in [-0.15, -0.1) is 11.3 Å². The summed E-state index contributed by atoms with van der Waals surface area (Å²) in [5, 5.41) is 11.4. The van der Waals surface area contributed by atoms with E-state index < -0.39 is 12.0 Å². The number of amides is 1. The van der Waals surface area contributed by atoms with E-state index in [4.69, 9.17) is 5.11 Å². The third-order valence-corrected chi connectivity index (χ3v) is 3.07. The van der Waals surface area contributed by atoms with E-state index in [2.05, 4.69) is 10.3 Å². The Morgan fingerprint density at radius 1 is 1.60 bits per heavy atom. The Morgan fingerprint density at radius 3 is 2.80 bits per heavy atom. The van der Waals surface area contributed by atoms with Crippen LogP contribution in [0.15, 0.2) is 11.7 Å². The first kappa shape index (κ1) is 10.1. The van der Waals surface area contributed by atoms with Crippen molar-refractivity contribution in [3.8, 4) is 0 Å². The van der Waals surface area contributed by atoms with E-state index in [1.165, 1.54) is 17.5 Å². The van der Waals surface area contributed by atoms with Gasteiger partial charge in [-0.2, -0.15) is 0 Å². The van der Waals surface area contributed by atoms with E-state index in [1.807, 2.05) is 0 Å². The average molecular weight is 226 g/mol. The largest absolute Gasteiger partial charge is 0.480 e. The lowest BCUT2D eigenvalue weighted by molar-refractivity contribution is -0.139. The van der Waals surface area contributed by atoms with Crippen LogP contribution in [-0.2, 0) is 4.79 Å². The van der Waals surface area contributed by atoms with E-state index in [-0.39, 0.29) is 11.8 Å². The summed E-state index contributed by atoms with van der Waals surface area (Å²) in [6, 6.07) is -0.750. The first-order valence-electron chi connectivity index (χ1n) is 4.60. The smallest absolute Gasteiger partial charge is 0.326 e. The van der Waals surface area contributed by atoms with Crippen LogP contribution in [0.4, 0.5) is 0 Å². The number of hydrogen-bond donors (Lipinski definition) is 2. The van der Waals surface area contributed by atoms with Crippen LogP contribution in [0.3, 0.4) is 0 Å². The second-order valence-corrected chi connectivity index (χ2v) is 4.38. The van der Waals surface area contributed by atoms with Crippen LogP contribution in [0.1, 0.15) is 22.5 Å². The molecule has 6 heteroatoms. The van der Waals surface area contributed by atoms with E-state index >= 15 is 0 Å². The number of carbonyl (C=O) groups excluding carboxylic acids is 1. The summed E-state index contributed by atoms with van der Waals surface area (Å²) in [5.41, 5.74) is 1.54. The fraction of sp³-hybridized carbons (Fsp3) is 0.444. The summed E-state index contributed by atoms with van der Waals surface area (Å²) >= 11 is 1.20. The van der Waals surface area contributed by atoms with Gasteiger partial charge in [-0.3, -0.25) is 9.78 Å². The van der Waals surface area contributed by atoms with E-state index in [0.717, 1.165) is 12.8 Å². The van der Waals surface area contributed by atoms with Crippen LogP contribution < -0.4 is 5.32 Å². The van der Waals surface area contributed by atoms with Gasteiger partial charge in [0, 0.05) is 0 Å². The number of rotatable bonds is 4. The molecule has 5 nitrogen and oxygen atoms in total. The van der Waals surface area contributed by atoms with Crippen LogP contribution in [0.25, 0.3) is 0 Å². The van der Waals surface area contributed by atoms with Crippen LogP contribution in [0, 0.1) is 5.92 Å². The molecule has 15 heavy (non-hydrogen) atoms. The first-order valence-corrected chi connectivity index (χ1v) is 5.48. The zero-order valence-corrected chi connectivity index (χ0v) is 8.66. The van der Waals surface area contributed by atoms with Gasteiger partial charge in [-0.25, -0.2) is 4.79 Å². The maximum absolute atomic E-state index is 11.5. The van der Waals surface area contributed by atoms with Crippen molar-refractivity contribution in [1.82, 2.24) is 10.3 Å². The number of hydrogen-bond acceptors (Lipinski definition) is 4. The van der Waals surface area contributed by atoms with E-state index in [9.17, 15) is 9.59 Å². The van der Waals surface area contributed by atoms with Gasteiger partial charge in [0.1, 0.15) is 10.9 Å². The number of aliphatic carboxylic acids is 1. The maximum Gasteiger partial charge on any atom is 0.326 e. The molecule has 1 saturated carbocycles. The average Bonchev–Trinajstić information content (AvgIpc) is 2.87. The van der Waals surface area contributed by atoms with Gasteiger partial charge in [0.05, 0.1) is 11.7 Å². The summed E-state index contributed by atoms with van der Waals surface area (Å²) in [7, 11) is 0. The SMILES string of the molecule is O=C(NC(C(=O)O)C1CC1)c1cncs1. The Morgan fingerprint density at radius 2 is 2.33 bits per heavy atom. The quantitative estimate of drug-likeness (QED) is 0.793. The summed E-state index contributed by atoms with van der Waals surface area (Å²) in [6.07, 6.45) is 3.19. The number of nitrogens with zero attached hydrogens (tertiary/aromatic N) is 1. The fourth-order valence-corrected chi connectivity index (χ4v) is 1.87. The summed E-state index contributed by atoms with van der Waals surface area (Å²) in [4.78, 5) is 26.6. The van der Waals surface area contributed by atoms with Gasteiger partial charge in [0.25, 0.3) is 5.91 Å². The Bertz CT molecular complexity index is 373.